The summed E-state index contributed by atoms with van der Waals surface area (Å²) in [5.74, 6) is 0.659. The maximum absolute atomic E-state index is 12.9. The van der Waals surface area contributed by atoms with Crippen LogP contribution in [0.1, 0.15) is 31.7 Å². The van der Waals surface area contributed by atoms with Crippen LogP contribution >= 0.6 is 23.5 Å². The molecular weight excluding hydrogens is 450 g/mol. The van der Waals surface area contributed by atoms with E-state index in [4.69, 9.17) is 0 Å². The topological polar surface area (TPSA) is 78.8 Å². The summed E-state index contributed by atoms with van der Waals surface area (Å²) in [4.78, 5) is 17.6. The molecule has 2 heterocycles. The van der Waals surface area contributed by atoms with E-state index in [0.717, 1.165) is 35.1 Å². The molecule has 2 aliphatic heterocycles. The van der Waals surface area contributed by atoms with Gasteiger partial charge in [0.25, 0.3) is 0 Å². The molecule has 31 heavy (non-hydrogen) atoms. The molecule has 6 nitrogen and oxygen atoms in total. The third-order valence-electron chi connectivity index (χ3n) is 5.26. The molecule has 164 valence electrons. The van der Waals surface area contributed by atoms with Crippen LogP contribution in [0.25, 0.3) is 0 Å². The lowest BCUT2D eigenvalue weighted by atomic mass is 10.2. The van der Waals surface area contributed by atoms with Gasteiger partial charge in [-0.2, -0.15) is 4.31 Å². The van der Waals surface area contributed by atoms with Gasteiger partial charge >= 0.3 is 0 Å². The van der Waals surface area contributed by atoms with Crippen molar-refractivity contribution in [2.45, 2.75) is 42.1 Å². The zero-order valence-corrected chi connectivity index (χ0v) is 19.7. The number of hydrogen-bond donors (Lipinski definition) is 1. The van der Waals surface area contributed by atoms with Crippen molar-refractivity contribution in [3.05, 3.63) is 54.1 Å². The van der Waals surface area contributed by atoms with Gasteiger partial charge in [0.2, 0.25) is 15.9 Å². The molecule has 0 saturated carbocycles. The van der Waals surface area contributed by atoms with Gasteiger partial charge < -0.3 is 5.32 Å². The Morgan fingerprint density at radius 3 is 2.71 bits per heavy atom. The Balaban J connectivity index is 1.42. The number of para-hydroxylation sites is 1. The largest absolute Gasteiger partial charge is 0.325 e. The van der Waals surface area contributed by atoms with Crippen LogP contribution in [-0.2, 0) is 20.6 Å². The number of benzene rings is 2. The molecule has 0 radical (unpaired) electrons. The second kappa shape index (κ2) is 9.77. The first-order chi connectivity index (χ1) is 14.9. The van der Waals surface area contributed by atoms with Crippen molar-refractivity contribution in [2.75, 3.05) is 18.4 Å². The molecule has 2 aromatic carbocycles. The number of anilines is 1. The number of piperidine rings is 1. The highest BCUT2D eigenvalue weighted by Crippen LogP contribution is 2.36. The SMILES string of the molecule is CC(SC1=Nc2ccccc2CS1)C(=O)Nc1cccc(S(=O)(=O)N2CCCCC2)c1. The lowest BCUT2D eigenvalue weighted by molar-refractivity contribution is -0.115. The quantitative estimate of drug-likeness (QED) is 0.668. The standard InChI is InChI=1S/C22H25N3O3S3/c1-16(30-22-24-20-11-4-3-8-17(20)15-29-22)21(26)23-18-9-7-10-19(14-18)31(27,28)25-12-5-2-6-13-25/h3-4,7-11,14,16H,2,5-6,12-13,15H2,1H3,(H,23,26). The second-order valence-corrected chi connectivity index (χ2v) is 12.0. The van der Waals surface area contributed by atoms with Gasteiger partial charge in [-0.05, 0) is 49.6 Å². The summed E-state index contributed by atoms with van der Waals surface area (Å²) in [6.45, 7) is 2.93. The van der Waals surface area contributed by atoms with E-state index in [2.05, 4.69) is 16.4 Å². The van der Waals surface area contributed by atoms with Crippen molar-refractivity contribution in [3.63, 3.8) is 0 Å². The van der Waals surface area contributed by atoms with E-state index in [1.165, 1.54) is 21.6 Å². The highest BCUT2D eigenvalue weighted by atomic mass is 32.2. The molecule has 0 spiro atoms. The highest BCUT2D eigenvalue weighted by molar-refractivity contribution is 8.39. The zero-order valence-electron chi connectivity index (χ0n) is 17.3. The average Bonchev–Trinajstić information content (AvgIpc) is 2.79. The Morgan fingerprint density at radius 1 is 1.13 bits per heavy atom. The summed E-state index contributed by atoms with van der Waals surface area (Å²) in [6, 6.07) is 14.5. The highest BCUT2D eigenvalue weighted by Gasteiger charge is 2.26. The summed E-state index contributed by atoms with van der Waals surface area (Å²) in [6.07, 6.45) is 2.83. The Hall–Kier alpha value is -1.81. The van der Waals surface area contributed by atoms with Crippen LogP contribution in [0.5, 0.6) is 0 Å². The number of rotatable bonds is 5. The van der Waals surface area contributed by atoms with Crippen LogP contribution in [0, 0.1) is 0 Å². The van der Waals surface area contributed by atoms with E-state index >= 15 is 0 Å². The fourth-order valence-electron chi connectivity index (χ4n) is 3.51. The summed E-state index contributed by atoms with van der Waals surface area (Å²) in [5.41, 5.74) is 2.63. The minimum absolute atomic E-state index is 0.181. The van der Waals surface area contributed by atoms with Gasteiger partial charge in [0, 0.05) is 24.5 Å². The minimum Gasteiger partial charge on any atom is -0.325 e. The first-order valence-electron chi connectivity index (χ1n) is 10.3. The van der Waals surface area contributed by atoms with Crippen molar-refractivity contribution >= 4 is 55.2 Å². The van der Waals surface area contributed by atoms with Gasteiger partial charge in [0.05, 0.1) is 15.8 Å². The van der Waals surface area contributed by atoms with Crippen molar-refractivity contribution in [2.24, 2.45) is 4.99 Å². The van der Waals surface area contributed by atoms with E-state index in [9.17, 15) is 13.2 Å². The monoisotopic (exact) mass is 475 g/mol. The zero-order chi connectivity index (χ0) is 21.8. The summed E-state index contributed by atoms with van der Waals surface area (Å²) < 4.78 is 28.2. The minimum atomic E-state index is -3.54. The number of nitrogens with one attached hydrogen (secondary N) is 1. The third-order valence-corrected chi connectivity index (χ3v) is 9.45. The Kier molecular flexibility index (Phi) is 7.05. The van der Waals surface area contributed by atoms with Gasteiger partial charge in [-0.25, -0.2) is 13.4 Å². The van der Waals surface area contributed by atoms with Crippen molar-refractivity contribution < 1.29 is 13.2 Å². The van der Waals surface area contributed by atoms with Crippen molar-refractivity contribution in [1.29, 1.82) is 0 Å². The molecule has 0 aliphatic carbocycles. The lowest BCUT2D eigenvalue weighted by Gasteiger charge is -2.26. The summed E-state index contributed by atoms with van der Waals surface area (Å²) in [5, 5.41) is 2.50. The molecule has 1 amide bonds. The van der Waals surface area contributed by atoms with Crippen LogP contribution < -0.4 is 5.32 Å². The predicted molar refractivity (Wildman–Crippen MR) is 130 cm³/mol. The molecule has 0 aromatic heterocycles. The molecule has 1 fully saturated rings. The number of carbonyl (C=O) groups is 1. The van der Waals surface area contributed by atoms with Gasteiger partial charge in [-0.15, -0.1) is 0 Å². The Morgan fingerprint density at radius 2 is 1.90 bits per heavy atom. The van der Waals surface area contributed by atoms with E-state index in [0.29, 0.717) is 18.8 Å². The third kappa shape index (κ3) is 5.34. The number of aliphatic imine (C=N–C) groups is 1. The number of carbonyl (C=O) groups excluding carboxylic acids is 1. The number of fused-ring (bicyclic) bond motifs is 1. The molecule has 1 saturated heterocycles. The van der Waals surface area contributed by atoms with Gasteiger partial charge in [-0.1, -0.05) is 54.2 Å². The number of sulfonamides is 1. The number of nitrogens with zero attached hydrogens (tertiary/aromatic N) is 2. The van der Waals surface area contributed by atoms with Crippen molar-refractivity contribution in [3.8, 4) is 0 Å². The molecule has 1 atom stereocenters. The van der Waals surface area contributed by atoms with Gasteiger partial charge in [0.15, 0.2) is 0 Å². The van der Waals surface area contributed by atoms with E-state index < -0.39 is 10.0 Å². The average molecular weight is 476 g/mol. The van der Waals surface area contributed by atoms with Crippen molar-refractivity contribution in [1.82, 2.24) is 4.31 Å². The molecule has 0 bridgehead atoms. The lowest BCUT2D eigenvalue weighted by Crippen LogP contribution is -2.35. The van der Waals surface area contributed by atoms with Crippen LogP contribution in [0.2, 0.25) is 0 Å². The molecule has 2 aromatic rings. The molecule has 1 N–H and O–H groups in total. The number of hydrogen-bond acceptors (Lipinski definition) is 6. The maximum atomic E-state index is 12.9. The van der Waals surface area contributed by atoms with E-state index in [1.54, 1.807) is 36.0 Å². The molecule has 1 unspecified atom stereocenters. The first-order valence-corrected chi connectivity index (χ1v) is 13.6. The molecule has 4 rings (SSSR count). The van der Waals surface area contributed by atoms with Crippen LogP contribution in [-0.4, -0.2) is 41.3 Å². The molecule has 2 aliphatic rings. The van der Waals surface area contributed by atoms with Gasteiger partial charge in [0.1, 0.15) is 4.38 Å². The van der Waals surface area contributed by atoms with Crippen LogP contribution in [0.4, 0.5) is 11.4 Å². The molecular formula is C22H25N3O3S3. The summed E-state index contributed by atoms with van der Waals surface area (Å²) in [7, 11) is -3.54. The fraction of sp³-hybridized carbons (Fsp3) is 0.364. The van der Waals surface area contributed by atoms with Crippen LogP contribution in [0.3, 0.4) is 0 Å². The first kappa shape index (κ1) is 22.4. The predicted octanol–water partition coefficient (Wildman–Crippen LogP) is 4.86. The normalized spacial score (nSPS) is 18.0. The Labute approximate surface area is 191 Å². The molecule has 9 heteroatoms. The number of amides is 1. The fourth-order valence-corrected chi connectivity index (χ4v) is 7.26. The van der Waals surface area contributed by atoms with E-state index in [-0.39, 0.29) is 16.1 Å². The second-order valence-electron chi connectivity index (χ2n) is 7.54. The smallest absolute Gasteiger partial charge is 0.243 e. The summed E-state index contributed by atoms with van der Waals surface area (Å²) >= 11 is 3.05. The Bertz CT molecular complexity index is 1100. The number of thioether (sulfide) groups is 2. The van der Waals surface area contributed by atoms with E-state index in [1.807, 2.05) is 25.1 Å². The van der Waals surface area contributed by atoms with Crippen LogP contribution in [0.15, 0.2) is 58.4 Å². The maximum Gasteiger partial charge on any atom is 0.243 e. The van der Waals surface area contributed by atoms with Gasteiger partial charge in [-0.3, -0.25) is 4.79 Å².